The van der Waals surface area contributed by atoms with E-state index in [1.54, 1.807) is 6.07 Å². The maximum atomic E-state index is 12.7. The molecule has 20 heavy (non-hydrogen) atoms. The molecule has 1 saturated carbocycles. The number of carbonyl (C=O) groups is 1. The zero-order valence-corrected chi connectivity index (χ0v) is 12.5. The SMILES string of the molecule is CCOC(C(=O)c1cc(Cl)cnc1N)C1CCCCC1. The summed E-state index contributed by atoms with van der Waals surface area (Å²) in [5, 5.41) is 0.418. The van der Waals surface area contributed by atoms with E-state index in [0.717, 1.165) is 25.7 Å². The Bertz CT molecular complexity index is 473. The van der Waals surface area contributed by atoms with E-state index in [4.69, 9.17) is 22.1 Å². The Kier molecular flexibility index (Phi) is 5.38. The molecule has 0 saturated heterocycles. The van der Waals surface area contributed by atoms with Crippen molar-refractivity contribution in [2.45, 2.75) is 45.1 Å². The highest BCUT2D eigenvalue weighted by atomic mass is 35.5. The third kappa shape index (κ3) is 3.49. The molecule has 1 fully saturated rings. The third-order valence-corrected chi connectivity index (χ3v) is 4.04. The lowest BCUT2D eigenvalue weighted by molar-refractivity contribution is 0.0127. The lowest BCUT2D eigenvalue weighted by Crippen LogP contribution is -2.34. The molecule has 0 bridgehead atoms. The van der Waals surface area contributed by atoms with Crippen LogP contribution in [0.25, 0.3) is 0 Å². The fourth-order valence-corrected chi connectivity index (χ4v) is 3.00. The normalized spacial score (nSPS) is 17.9. The van der Waals surface area contributed by atoms with Gasteiger partial charge in [0.2, 0.25) is 0 Å². The summed E-state index contributed by atoms with van der Waals surface area (Å²) in [4.78, 5) is 16.7. The topological polar surface area (TPSA) is 65.2 Å². The quantitative estimate of drug-likeness (QED) is 0.845. The number of nitrogens with two attached hydrogens (primary N) is 1. The van der Waals surface area contributed by atoms with E-state index in [1.807, 2.05) is 6.92 Å². The summed E-state index contributed by atoms with van der Waals surface area (Å²) >= 11 is 5.92. The Morgan fingerprint density at radius 2 is 2.20 bits per heavy atom. The van der Waals surface area contributed by atoms with Gasteiger partial charge in [0, 0.05) is 12.8 Å². The van der Waals surface area contributed by atoms with E-state index in [9.17, 15) is 4.79 Å². The number of nitrogen functional groups attached to an aromatic ring is 1. The molecule has 2 rings (SSSR count). The van der Waals surface area contributed by atoms with E-state index in [-0.39, 0.29) is 17.5 Å². The van der Waals surface area contributed by atoms with E-state index in [2.05, 4.69) is 4.98 Å². The molecule has 2 N–H and O–H groups in total. The Labute approximate surface area is 124 Å². The summed E-state index contributed by atoms with van der Waals surface area (Å²) < 4.78 is 5.72. The Morgan fingerprint density at radius 1 is 1.50 bits per heavy atom. The van der Waals surface area contributed by atoms with Gasteiger partial charge in [-0.25, -0.2) is 4.98 Å². The van der Waals surface area contributed by atoms with Gasteiger partial charge in [-0.2, -0.15) is 0 Å². The predicted octanol–water partition coefficient (Wildman–Crippen LogP) is 3.49. The van der Waals surface area contributed by atoms with E-state index in [0.29, 0.717) is 17.2 Å². The Balaban J connectivity index is 2.23. The molecule has 1 unspecified atom stereocenters. The molecule has 0 aliphatic heterocycles. The molecule has 1 aliphatic rings. The first-order valence-electron chi connectivity index (χ1n) is 7.20. The van der Waals surface area contributed by atoms with Crippen LogP contribution in [-0.2, 0) is 4.74 Å². The molecule has 4 nitrogen and oxygen atoms in total. The van der Waals surface area contributed by atoms with Crippen LogP contribution in [0.4, 0.5) is 5.82 Å². The van der Waals surface area contributed by atoms with Crippen molar-refractivity contribution in [1.29, 1.82) is 0 Å². The van der Waals surface area contributed by atoms with Crippen LogP contribution < -0.4 is 5.73 Å². The van der Waals surface area contributed by atoms with Gasteiger partial charge in [0.05, 0.1) is 10.6 Å². The van der Waals surface area contributed by atoms with Gasteiger partial charge in [-0.05, 0) is 31.7 Å². The summed E-state index contributed by atoms with van der Waals surface area (Å²) in [7, 11) is 0. The van der Waals surface area contributed by atoms with E-state index >= 15 is 0 Å². The van der Waals surface area contributed by atoms with E-state index < -0.39 is 6.10 Å². The summed E-state index contributed by atoms with van der Waals surface area (Å²) in [6.45, 7) is 2.42. The Hall–Kier alpha value is -1.13. The molecule has 0 amide bonds. The number of nitrogens with zero attached hydrogens (tertiary/aromatic N) is 1. The third-order valence-electron chi connectivity index (χ3n) is 3.83. The number of ketones is 1. The van der Waals surface area contributed by atoms with Gasteiger partial charge in [-0.1, -0.05) is 30.9 Å². The molecule has 1 aliphatic carbocycles. The molecule has 5 heteroatoms. The number of hydrogen-bond acceptors (Lipinski definition) is 4. The first-order chi connectivity index (χ1) is 9.63. The van der Waals surface area contributed by atoms with Crippen LogP contribution in [0.5, 0.6) is 0 Å². The standard InChI is InChI=1S/C15H21ClN2O2/c1-2-20-14(10-6-4-3-5-7-10)13(19)12-8-11(16)9-18-15(12)17/h8-10,14H,2-7H2,1H3,(H2,17,18). The average molecular weight is 297 g/mol. The van der Waals surface area contributed by atoms with Gasteiger partial charge in [-0.3, -0.25) is 4.79 Å². The highest BCUT2D eigenvalue weighted by Gasteiger charge is 2.32. The number of rotatable bonds is 5. The second-order valence-corrected chi connectivity index (χ2v) is 5.66. The highest BCUT2D eigenvalue weighted by molar-refractivity contribution is 6.31. The Morgan fingerprint density at radius 3 is 2.85 bits per heavy atom. The minimum absolute atomic E-state index is 0.0914. The minimum Gasteiger partial charge on any atom is -0.383 e. The molecule has 1 aromatic heterocycles. The zero-order valence-electron chi connectivity index (χ0n) is 11.8. The first-order valence-corrected chi connectivity index (χ1v) is 7.58. The molecule has 110 valence electrons. The predicted molar refractivity (Wildman–Crippen MR) is 80.0 cm³/mol. The maximum Gasteiger partial charge on any atom is 0.195 e. The molecular weight excluding hydrogens is 276 g/mol. The number of ether oxygens (including phenoxy) is 1. The fraction of sp³-hybridized carbons (Fsp3) is 0.600. The largest absolute Gasteiger partial charge is 0.383 e. The van der Waals surface area contributed by atoms with Crippen LogP contribution in [0.15, 0.2) is 12.3 Å². The minimum atomic E-state index is -0.428. The van der Waals surface area contributed by atoms with Gasteiger partial charge >= 0.3 is 0 Å². The molecule has 0 radical (unpaired) electrons. The first kappa shape index (κ1) is 15.3. The molecule has 1 aromatic rings. The zero-order chi connectivity index (χ0) is 14.5. The molecule has 0 aromatic carbocycles. The van der Waals surface area contributed by atoms with Gasteiger partial charge in [0.1, 0.15) is 11.9 Å². The number of pyridine rings is 1. The number of carbonyl (C=O) groups excluding carboxylic acids is 1. The van der Waals surface area contributed by atoms with Crippen LogP contribution >= 0.6 is 11.6 Å². The van der Waals surface area contributed by atoms with Gasteiger partial charge < -0.3 is 10.5 Å². The van der Waals surface area contributed by atoms with Crippen LogP contribution in [0, 0.1) is 5.92 Å². The molecular formula is C15H21ClN2O2. The summed E-state index contributed by atoms with van der Waals surface area (Å²) in [6.07, 6.45) is 6.64. The molecule has 1 atom stereocenters. The monoisotopic (exact) mass is 296 g/mol. The number of hydrogen-bond donors (Lipinski definition) is 1. The van der Waals surface area contributed by atoms with Crippen molar-refractivity contribution in [3.8, 4) is 0 Å². The smallest absolute Gasteiger partial charge is 0.195 e. The van der Waals surface area contributed by atoms with Crippen molar-refractivity contribution in [2.75, 3.05) is 12.3 Å². The summed E-state index contributed by atoms with van der Waals surface area (Å²) in [5.74, 6) is 0.403. The van der Waals surface area contributed by atoms with Crippen molar-refractivity contribution < 1.29 is 9.53 Å². The fourth-order valence-electron chi connectivity index (χ4n) is 2.84. The summed E-state index contributed by atoms with van der Waals surface area (Å²) in [6, 6.07) is 1.58. The lowest BCUT2D eigenvalue weighted by Gasteiger charge is -2.29. The van der Waals surface area contributed by atoms with Gasteiger partial charge in [0.15, 0.2) is 5.78 Å². The van der Waals surface area contributed by atoms with Crippen molar-refractivity contribution in [1.82, 2.24) is 4.98 Å². The van der Waals surface area contributed by atoms with Gasteiger partial charge in [0.25, 0.3) is 0 Å². The van der Waals surface area contributed by atoms with Crippen molar-refractivity contribution in [3.05, 3.63) is 22.8 Å². The molecule has 1 heterocycles. The average Bonchev–Trinajstić information content (AvgIpc) is 2.47. The number of aromatic nitrogens is 1. The molecule has 0 spiro atoms. The number of anilines is 1. The van der Waals surface area contributed by atoms with Crippen molar-refractivity contribution in [2.24, 2.45) is 5.92 Å². The number of Topliss-reactive ketones (excluding diaryl/α,β-unsaturated/α-hetero) is 1. The van der Waals surface area contributed by atoms with Crippen LogP contribution in [-0.4, -0.2) is 23.5 Å². The second kappa shape index (κ2) is 7.04. The van der Waals surface area contributed by atoms with Crippen LogP contribution in [0.1, 0.15) is 49.4 Å². The van der Waals surface area contributed by atoms with Crippen LogP contribution in [0.3, 0.4) is 0 Å². The lowest BCUT2D eigenvalue weighted by atomic mass is 9.82. The highest BCUT2D eigenvalue weighted by Crippen LogP contribution is 2.30. The summed E-state index contributed by atoms with van der Waals surface area (Å²) in [5.41, 5.74) is 6.18. The van der Waals surface area contributed by atoms with E-state index in [1.165, 1.54) is 12.6 Å². The van der Waals surface area contributed by atoms with Crippen molar-refractivity contribution in [3.63, 3.8) is 0 Å². The van der Waals surface area contributed by atoms with Gasteiger partial charge in [-0.15, -0.1) is 0 Å². The maximum absolute atomic E-state index is 12.7. The number of halogens is 1. The second-order valence-electron chi connectivity index (χ2n) is 5.22. The van der Waals surface area contributed by atoms with Crippen molar-refractivity contribution >= 4 is 23.2 Å². The van der Waals surface area contributed by atoms with Crippen LogP contribution in [0.2, 0.25) is 5.02 Å².